The SMILES string of the molecule is CCOC(=O)C1CCN(C(=O)/C(C#N)=C\Nc2ccc(N(CC)CC)cc2C)CC1. The van der Waals surface area contributed by atoms with E-state index < -0.39 is 0 Å². The largest absolute Gasteiger partial charge is 0.466 e. The van der Waals surface area contributed by atoms with Gasteiger partial charge in [-0.3, -0.25) is 9.59 Å². The molecule has 1 aromatic rings. The molecule has 1 fully saturated rings. The molecule has 2 rings (SSSR count). The van der Waals surface area contributed by atoms with Gasteiger partial charge in [-0.1, -0.05) is 0 Å². The average molecular weight is 413 g/mol. The molecule has 0 spiro atoms. The van der Waals surface area contributed by atoms with Gasteiger partial charge in [0.05, 0.1) is 12.5 Å². The van der Waals surface area contributed by atoms with Gasteiger partial charge in [0.1, 0.15) is 11.6 Å². The highest BCUT2D eigenvalue weighted by Gasteiger charge is 2.29. The number of aryl methyl sites for hydroxylation is 1. The second-order valence-electron chi connectivity index (χ2n) is 7.30. The van der Waals surface area contributed by atoms with Gasteiger partial charge in [0.25, 0.3) is 5.91 Å². The first-order valence-electron chi connectivity index (χ1n) is 10.6. The molecule has 1 aliphatic rings. The summed E-state index contributed by atoms with van der Waals surface area (Å²) < 4.78 is 5.06. The van der Waals surface area contributed by atoms with E-state index in [1.54, 1.807) is 11.8 Å². The summed E-state index contributed by atoms with van der Waals surface area (Å²) in [5.41, 5.74) is 3.09. The van der Waals surface area contributed by atoms with Gasteiger partial charge in [0.2, 0.25) is 0 Å². The van der Waals surface area contributed by atoms with E-state index in [2.05, 4.69) is 30.1 Å². The van der Waals surface area contributed by atoms with Crippen molar-refractivity contribution in [1.29, 1.82) is 5.26 Å². The molecule has 0 aliphatic carbocycles. The number of carbonyl (C=O) groups is 2. The fourth-order valence-electron chi connectivity index (χ4n) is 3.64. The molecule has 30 heavy (non-hydrogen) atoms. The predicted octanol–water partition coefficient (Wildman–Crippen LogP) is 3.46. The van der Waals surface area contributed by atoms with E-state index in [9.17, 15) is 14.9 Å². The molecule has 0 atom stereocenters. The Morgan fingerprint density at radius 1 is 1.27 bits per heavy atom. The Labute approximate surface area is 179 Å². The van der Waals surface area contributed by atoms with Crippen molar-refractivity contribution < 1.29 is 14.3 Å². The van der Waals surface area contributed by atoms with Gasteiger partial charge in [-0.25, -0.2) is 0 Å². The van der Waals surface area contributed by atoms with Crippen LogP contribution >= 0.6 is 0 Å². The summed E-state index contributed by atoms with van der Waals surface area (Å²) in [5.74, 6) is -0.690. The van der Waals surface area contributed by atoms with Crippen molar-refractivity contribution in [2.24, 2.45) is 5.92 Å². The molecule has 1 saturated heterocycles. The standard InChI is InChI=1S/C23H32N4O3/c1-5-26(6-2)20-8-9-21(17(4)14-20)25-16-19(15-24)22(28)27-12-10-18(11-13-27)23(29)30-7-3/h8-9,14,16,18,25H,5-7,10-13H2,1-4H3/b19-16-. The van der Waals surface area contributed by atoms with E-state index in [-0.39, 0.29) is 23.4 Å². The van der Waals surface area contributed by atoms with Crippen LogP contribution in [0, 0.1) is 24.2 Å². The fourth-order valence-corrected chi connectivity index (χ4v) is 3.64. The van der Waals surface area contributed by atoms with Gasteiger partial charge >= 0.3 is 5.97 Å². The molecule has 1 aromatic carbocycles. The van der Waals surface area contributed by atoms with Crippen molar-refractivity contribution in [1.82, 2.24) is 4.90 Å². The summed E-state index contributed by atoms with van der Waals surface area (Å²) in [5, 5.41) is 12.6. The van der Waals surface area contributed by atoms with Gasteiger partial charge in [0, 0.05) is 43.8 Å². The Balaban J connectivity index is 2.02. The number of ether oxygens (including phenoxy) is 1. The second kappa shape index (κ2) is 11.2. The Morgan fingerprint density at radius 3 is 2.47 bits per heavy atom. The minimum Gasteiger partial charge on any atom is -0.466 e. The fraction of sp³-hybridized carbons (Fsp3) is 0.522. The Hall–Kier alpha value is -3.01. The number of esters is 1. The maximum absolute atomic E-state index is 12.7. The van der Waals surface area contributed by atoms with E-state index in [0.29, 0.717) is 32.5 Å². The number of piperidine rings is 1. The maximum atomic E-state index is 12.7. The molecule has 0 saturated carbocycles. The zero-order chi connectivity index (χ0) is 22.1. The smallest absolute Gasteiger partial charge is 0.309 e. The van der Waals surface area contributed by atoms with Crippen LogP contribution in [-0.4, -0.2) is 49.6 Å². The third kappa shape index (κ3) is 5.76. The third-order valence-electron chi connectivity index (χ3n) is 5.46. The number of likely N-dealkylation sites (tertiary alicyclic amines) is 1. The number of nitrogens with one attached hydrogen (secondary N) is 1. The van der Waals surface area contributed by atoms with Gasteiger partial charge in [-0.05, 0) is 64.3 Å². The van der Waals surface area contributed by atoms with E-state index in [4.69, 9.17) is 4.74 Å². The van der Waals surface area contributed by atoms with Crippen molar-refractivity contribution in [2.75, 3.05) is 43.0 Å². The number of amides is 1. The monoisotopic (exact) mass is 412 g/mol. The number of rotatable bonds is 8. The molecule has 162 valence electrons. The minimum absolute atomic E-state index is 0.0526. The third-order valence-corrected chi connectivity index (χ3v) is 5.46. The van der Waals surface area contributed by atoms with E-state index in [1.807, 2.05) is 25.1 Å². The molecular formula is C23H32N4O3. The lowest BCUT2D eigenvalue weighted by atomic mass is 9.96. The van der Waals surface area contributed by atoms with Gasteiger partial charge < -0.3 is 19.9 Å². The Morgan fingerprint density at radius 2 is 1.93 bits per heavy atom. The van der Waals surface area contributed by atoms with Crippen LogP contribution in [0.25, 0.3) is 0 Å². The van der Waals surface area contributed by atoms with Gasteiger partial charge in [-0.2, -0.15) is 5.26 Å². The molecule has 7 nitrogen and oxygen atoms in total. The second-order valence-corrected chi connectivity index (χ2v) is 7.30. The molecule has 0 bridgehead atoms. The van der Waals surface area contributed by atoms with Crippen LogP contribution < -0.4 is 10.2 Å². The first-order chi connectivity index (χ1) is 14.4. The highest BCUT2D eigenvalue weighted by molar-refractivity contribution is 5.97. The number of benzene rings is 1. The highest BCUT2D eigenvalue weighted by Crippen LogP contribution is 2.24. The summed E-state index contributed by atoms with van der Waals surface area (Å²) in [4.78, 5) is 28.5. The van der Waals surface area contributed by atoms with Crippen LogP contribution in [0.4, 0.5) is 11.4 Å². The van der Waals surface area contributed by atoms with Crippen LogP contribution in [0.3, 0.4) is 0 Å². The van der Waals surface area contributed by atoms with E-state index in [0.717, 1.165) is 30.0 Å². The average Bonchev–Trinajstić information content (AvgIpc) is 2.76. The topological polar surface area (TPSA) is 85.7 Å². The summed E-state index contributed by atoms with van der Waals surface area (Å²) in [7, 11) is 0. The first-order valence-corrected chi connectivity index (χ1v) is 10.6. The zero-order valence-electron chi connectivity index (χ0n) is 18.4. The number of carbonyl (C=O) groups excluding carboxylic acids is 2. The minimum atomic E-state index is -0.315. The van der Waals surface area contributed by atoms with Crippen LogP contribution in [0.1, 0.15) is 39.2 Å². The van der Waals surface area contributed by atoms with Crippen molar-refractivity contribution >= 4 is 23.3 Å². The van der Waals surface area contributed by atoms with E-state index >= 15 is 0 Å². The normalized spacial score (nSPS) is 14.8. The summed E-state index contributed by atoms with van der Waals surface area (Å²) >= 11 is 0. The number of nitriles is 1. The van der Waals surface area contributed by atoms with Crippen molar-refractivity contribution in [3.05, 3.63) is 35.5 Å². The lowest BCUT2D eigenvalue weighted by Gasteiger charge is -2.30. The molecule has 1 amide bonds. The van der Waals surface area contributed by atoms with Crippen molar-refractivity contribution in [3.8, 4) is 6.07 Å². The highest BCUT2D eigenvalue weighted by atomic mass is 16.5. The summed E-state index contributed by atoms with van der Waals surface area (Å²) in [6, 6.07) is 8.09. The van der Waals surface area contributed by atoms with Crippen LogP contribution in [-0.2, 0) is 14.3 Å². The number of hydrogen-bond acceptors (Lipinski definition) is 6. The Bertz CT molecular complexity index is 816. The molecule has 1 N–H and O–H groups in total. The van der Waals surface area contributed by atoms with Crippen molar-refractivity contribution in [3.63, 3.8) is 0 Å². The zero-order valence-corrected chi connectivity index (χ0v) is 18.4. The molecule has 1 heterocycles. The molecule has 7 heteroatoms. The Kier molecular flexibility index (Phi) is 8.72. The number of anilines is 2. The molecular weight excluding hydrogens is 380 g/mol. The van der Waals surface area contributed by atoms with Crippen LogP contribution in [0.5, 0.6) is 0 Å². The lowest BCUT2D eigenvalue weighted by molar-refractivity contribution is -0.150. The van der Waals surface area contributed by atoms with Crippen LogP contribution in [0.15, 0.2) is 30.0 Å². The maximum Gasteiger partial charge on any atom is 0.309 e. The predicted molar refractivity (Wildman–Crippen MR) is 118 cm³/mol. The first kappa shape index (κ1) is 23.3. The lowest BCUT2D eigenvalue weighted by Crippen LogP contribution is -2.41. The molecule has 0 unspecified atom stereocenters. The van der Waals surface area contributed by atoms with Gasteiger partial charge in [-0.15, -0.1) is 0 Å². The van der Waals surface area contributed by atoms with Crippen molar-refractivity contribution in [2.45, 2.75) is 40.5 Å². The van der Waals surface area contributed by atoms with Crippen LogP contribution in [0.2, 0.25) is 0 Å². The van der Waals surface area contributed by atoms with E-state index in [1.165, 1.54) is 6.20 Å². The number of hydrogen-bond donors (Lipinski definition) is 1. The number of nitrogens with zero attached hydrogens (tertiary/aromatic N) is 3. The summed E-state index contributed by atoms with van der Waals surface area (Å²) in [6.07, 6.45) is 2.59. The van der Waals surface area contributed by atoms with Gasteiger partial charge in [0.15, 0.2) is 0 Å². The quantitative estimate of drug-likeness (QED) is 0.400. The summed E-state index contributed by atoms with van der Waals surface area (Å²) in [6.45, 7) is 11.1. The molecule has 0 aromatic heterocycles. The molecule has 0 radical (unpaired) electrons. The molecule has 1 aliphatic heterocycles.